The molecular weight excluding hydrogens is 122 g/mol. The van der Waals surface area contributed by atoms with Crippen LogP contribution in [0.2, 0.25) is 0 Å². The Morgan fingerprint density at radius 3 is 2.60 bits per heavy atom. The van der Waals surface area contributed by atoms with E-state index >= 15 is 0 Å². The Bertz CT molecular complexity index is 106. The Labute approximate surface area is 66.0 Å². The molecule has 0 bridgehead atoms. The smallest absolute Gasteiger partial charge is 0.00386 e. The molecule has 62 valence electrons. The molecule has 0 radical (unpaired) electrons. The van der Waals surface area contributed by atoms with E-state index in [1.807, 2.05) is 7.05 Å². The minimum atomic E-state index is 0. The average Bonchev–Trinajstić information content (AvgIpc) is 1.87. The molecule has 0 saturated carbocycles. The van der Waals surface area contributed by atoms with Gasteiger partial charge >= 0.3 is 0 Å². The molecular formula is C9H21N. The lowest BCUT2D eigenvalue weighted by atomic mass is 10.1. The fourth-order valence-corrected chi connectivity index (χ4v) is 0.766. The first kappa shape index (κ1) is 9.70. The third-order valence-corrected chi connectivity index (χ3v) is 1.65. The molecule has 0 fully saturated rings. The summed E-state index contributed by atoms with van der Waals surface area (Å²) in [6.45, 7) is 6.49. The summed E-state index contributed by atoms with van der Waals surface area (Å²) < 4.78 is 0. The SMILES string of the molecule is CN[C@H](C)CCC=C(C)C.[HH]. The molecule has 0 aromatic carbocycles. The first-order valence-electron chi connectivity index (χ1n) is 3.97. The fourth-order valence-electron chi connectivity index (χ4n) is 0.766. The highest BCUT2D eigenvalue weighted by Gasteiger charge is 1.93. The summed E-state index contributed by atoms with van der Waals surface area (Å²) in [6, 6.07) is 0.649. The van der Waals surface area contributed by atoms with Crippen LogP contribution in [0.4, 0.5) is 0 Å². The van der Waals surface area contributed by atoms with Crippen molar-refractivity contribution in [2.24, 2.45) is 0 Å². The highest BCUT2D eigenvalue weighted by Crippen LogP contribution is 1.99. The van der Waals surface area contributed by atoms with Crippen molar-refractivity contribution in [3.05, 3.63) is 11.6 Å². The maximum absolute atomic E-state index is 3.21. The van der Waals surface area contributed by atoms with Crippen molar-refractivity contribution in [3.8, 4) is 0 Å². The van der Waals surface area contributed by atoms with E-state index in [1.54, 1.807) is 0 Å². The molecule has 1 N–H and O–H groups in total. The minimum absolute atomic E-state index is 0. The van der Waals surface area contributed by atoms with Gasteiger partial charge in [-0.1, -0.05) is 11.6 Å². The summed E-state index contributed by atoms with van der Waals surface area (Å²) in [7, 11) is 2.01. The maximum Gasteiger partial charge on any atom is 0.00386 e. The lowest BCUT2D eigenvalue weighted by Gasteiger charge is -2.06. The van der Waals surface area contributed by atoms with Gasteiger partial charge in [-0.3, -0.25) is 0 Å². The topological polar surface area (TPSA) is 12.0 Å². The van der Waals surface area contributed by atoms with Gasteiger partial charge in [0.15, 0.2) is 0 Å². The Kier molecular flexibility index (Phi) is 5.32. The second-order valence-corrected chi connectivity index (χ2v) is 3.05. The number of hydrogen-bond donors (Lipinski definition) is 1. The van der Waals surface area contributed by atoms with Crippen LogP contribution >= 0.6 is 0 Å². The van der Waals surface area contributed by atoms with Crippen molar-refractivity contribution in [3.63, 3.8) is 0 Å². The van der Waals surface area contributed by atoms with Crippen LogP contribution in [0.1, 0.15) is 35.0 Å². The number of hydrogen-bond acceptors (Lipinski definition) is 1. The number of nitrogens with one attached hydrogen (secondary N) is 1. The second-order valence-electron chi connectivity index (χ2n) is 3.05. The van der Waals surface area contributed by atoms with E-state index < -0.39 is 0 Å². The van der Waals surface area contributed by atoms with E-state index in [0.717, 1.165) is 0 Å². The molecule has 1 atom stereocenters. The van der Waals surface area contributed by atoms with Gasteiger partial charge in [-0.05, 0) is 40.7 Å². The zero-order valence-corrected chi connectivity index (χ0v) is 7.57. The molecule has 0 spiro atoms. The Morgan fingerprint density at radius 1 is 1.60 bits per heavy atom. The lowest BCUT2D eigenvalue weighted by Crippen LogP contribution is -2.20. The average molecular weight is 143 g/mol. The molecule has 0 amide bonds. The van der Waals surface area contributed by atoms with Crippen LogP contribution in [-0.4, -0.2) is 13.1 Å². The second kappa shape index (κ2) is 5.48. The number of allylic oxidation sites excluding steroid dienone is 2. The molecule has 0 aliphatic carbocycles. The molecule has 10 heavy (non-hydrogen) atoms. The number of rotatable bonds is 4. The first-order chi connectivity index (χ1) is 4.66. The molecule has 0 aromatic rings. The van der Waals surface area contributed by atoms with E-state index in [0.29, 0.717) is 6.04 Å². The van der Waals surface area contributed by atoms with Crippen molar-refractivity contribution < 1.29 is 1.43 Å². The van der Waals surface area contributed by atoms with Crippen LogP contribution in [0.15, 0.2) is 11.6 Å². The van der Waals surface area contributed by atoms with Crippen LogP contribution in [-0.2, 0) is 0 Å². The van der Waals surface area contributed by atoms with Gasteiger partial charge in [0.25, 0.3) is 0 Å². The summed E-state index contributed by atoms with van der Waals surface area (Å²) in [6.07, 6.45) is 4.72. The monoisotopic (exact) mass is 143 g/mol. The molecule has 1 heteroatoms. The standard InChI is InChI=1S/C9H19N.H2/c1-8(2)6-5-7-9(3)10-4;/h6,9-10H,5,7H2,1-4H3;1H/t9-;/m1./s1. The molecule has 0 rings (SSSR count). The van der Waals surface area contributed by atoms with Gasteiger partial charge in [0.05, 0.1) is 0 Å². The molecule has 0 aliphatic rings. The van der Waals surface area contributed by atoms with Crippen LogP contribution in [0, 0.1) is 0 Å². The van der Waals surface area contributed by atoms with Gasteiger partial charge in [0, 0.05) is 7.47 Å². The highest BCUT2D eigenvalue weighted by atomic mass is 14.8. The van der Waals surface area contributed by atoms with Gasteiger partial charge in [0.1, 0.15) is 0 Å². The third-order valence-electron chi connectivity index (χ3n) is 1.65. The first-order valence-corrected chi connectivity index (χ1v) is 3.97. The quantitative estimate of drug-likeness (QED) is 0.596. The third kappa shape index (κ3) is 5.83. The molecule has 0 saturated heterocycles. The van der Waals surface area contributed by atoms with E-state index in [2.05, 4.69) is 32.2 Å². The van der Waals surface area contributed by atoms with Crippen LogP contribution in [0.3, 0.4) is 0 Å². The van der Waals surface area contributed by atoms with Crippen molar-refractivity contribution >= 4 is 0 Å². The molecule has 0 heterocycles. The Hall–Kier alpha value is -0.300. The molecule has 0 aliphatic heterocycles. The summed E-state index contributed by atoms with van der Waals surface area (Å²) in [5, 5.41) is 3.21. The van der Waals surface area contributed by atoms with Gasteiger partial charge < -0.3 is 5.32 Å². The molecule has 1 nitrogen and oxygen atoms in total. The van der Waals surface area contributed by atoms with Crippen LogP contribution in [0.5, 0.6) is 0 Å². The Morgan fingerprint density at radius 2 is 2.20 bits per heavy atom. The largest absolute Gasteiger partial charge is 0.317 e. The van der Waals surface area contributed by atoms with Gasteiger partial charge in [-0.25, -0.2) is 0 Å². The van der Waals surface area contributed by atoms with Crippen LogP contribution < -0.4 is 5.32 Å². The van der Waals surface area contributed by atoms with Crippen molar-refractivity contribution in [2.75, 3.05) is 7.05 Å². The predicted molar refractivity (Wildman–Crippen MR) is 49.3 cm³/mol. The zero-order chi connectivity index (χ0) is 7.98. The van der Waals surface area contributed by atoms with E-state index in [9.17, 15) is 0 Å². The van der Waals surface area contributed by atoms with Crippen molar-refractivity contribution in [2.45, 2.75) is 39.7 Å². The van der Waals surface area contributed by atoms with Gasteiger partial charge in [-0.15, -0.1) is 0 Å². The van der Waals surface area contributed by atoms with E-state index in [1.165, 1.54) is 18.4 Å². The summed E-state index contributed by atoms with van der Waals surface area (Å²) in [5.74, 6) is 0. The summed E-state index contributed by atoms with van der Waals surface area (Å²) >= 11 is 0. The summed E-state index contributed by atoms with van der Waals surface area (Å²) in [4.78, 5) is 0. The minimum Gasteiger partial charge on any atom is -0.317 e. The van der Waals surface area contributed by atoms with Gasteiger partial charge in [-0.2, -0.15) is 0 Å². The van der Waals surface area contributed by atoms with Crippen LogP contribution in [0.25, 0.3) is 0 Å². The Balaban J connectivity index is 0. The highest BCUT2D eigenvalue weighted by molar-refractivity contribution is 4.92. The van der Waals surface area contributed by atoms with E-state index in [4.69, 9.17) is 0 Å². The molecule has 0 unspecified atom stereocenters. The lowest BCUT2D eigenvalue weighted by molar-refractivity contribution is 0.570. The van der Waals surface area contributed by atoms with Crippen molar-refractivity contribution in [1.82, 2.24) is 5.32 Å². The zero-order valence-electron chi connectivity index (χ0n) is 7.57. The predicted octanol–water partition coefficient (Wildman–Crippen LogP) is 2.59. The van der Waals surface area contributed by atoms with Crippen molar-refractivity contribution in [1.29, 1.82) is 0 Å². The van der Waals surface area contributed by atoms with E-state index in [-0.39, 0.29) is 1.43 Å². The normalized spacial score (nSPS) is 12.8. The summed E-state index contributed by atoms with van der Waals surface area (Å²) in [5.41, 5.74) is 1.42. The maximum atomic E-state index is 3.21. The fraction of sp³-hybridized carbons (Fsp3) is 0.778. The van der Waals surface area contributed by atoms with Gasteiger partial charge in [0.2, 0.25) is 0 Å². The molecule has 0 aromatic heterocycles.